The van der Waals surface area contributed by atoms with E-state index in [0.717, 1.165) is 15.9 Å². The lowest BCUT2D eigenvalue weighted by Gasteiger charge is -2.25. The van der Waals surface area contributed by atoms with Gasteiger partial charge in [0.25, 0.3) is 5.91 Å². The van der Waals surface area contributed by atoms with Crippen molar-refractivity contribution in [1.29, 1.82) is 0 Å². The zero-order chi connectivity index (χ0) is 12.3. The molecule has 0 bridgehead atoms. The molecule has 0 atom stereocenters. The first-order chi connectivity index (χ1) is 8.16. The van der Waals surface area contributed by atoms with Crippen LogP contribution in [-0.2, 0) is 0 Å². The molecule has 4 heteroatoms. The van der Waals surface area contributed by atoms with Gasteiger partial charge in [-0.2, -0.15) is 0 Å². The highest BCUT2D eigenvalue weighted by Crippen LogP contribution is 2.28. The summed E-state index contributed by atoms with van der Waals surface area (Å²) in [5.74, 6) is 0.659. The topological polar surface area (TPSA) is 49.3 Å². The van der Waals surface area contributed by atoms with Crippen molar-refractivity contribution >= 4 is 28.5 Å². The van der Waals surface area contributed by atoms with E-state index in [4.69, 9.17) is 0 Å². The van der Waals surface area contributed by atoms with Gasteiger partial charge in [-0.05, 0) is 53.1 Å². The van der Waals surface area contributed by atoms with Crippen LogP contribution >= 0.6 is 22.6 Å². The smallest absolute Gasteiger partial charge is 0.255 e. The van der Waals surface area contributed by atoms with Crippen molar-refractivity contribution in [3.8, 4) is 5.75 Å². The Kier molecular flexibility index (Phi) is 4.25. The molecule has 17 heavy (non-hydrogen) atoms. The van der Waals surface area contributed by atoms with E-state index in [-0.39, 0.29) is 11.7 Å². The maximum absolute atomic E-state index is 11.8. The summed E-state index contributed by atoms with van der Waals surface area (Å²) in [5.41, 5.74) is 0.366. The maximum Gasteiger partial charge on any atom is 0.255 e. The number of halogens is 1. The largest absolute Gasteiger partial charge is 0.507 e. The minimum Gasteiger partial charge on any atom is -0.507 e. The van der Waals surface area contributed by atoms with E-state index >= 15 is 0 Å². The monoisotopic (exact) mass is 345 g/mol. The van der Waals surface area contributed by atoms with E-state index in [1.54, 1.807) is 18.2 Å². The van der Waals surface area contributed by atoms with Gasteiger partial charge in [-0.15, -0.1) is 0 Å². The molecular formula is C13H16INO2. The third-order valence-electron chi connectivity index (χ3n) is 3.27. The molecule has 1 amide bonds. The van der Waals surface area contributed by atoms with Crippen LogP contribution in [0.4, 0.5) is 0 Å². The molecule has 0 aliphatic heterocycles. The van der Waals surface area contributed by atoms with E-state index < -0.39 is 0 Å². The molecule has 0 radical (unpaired) electrons. The van der Waals surface area contributed by atoms with Gasteiger partial charge in [0.1, 0.15) is 5.75 Å². The first-order valence-corrected chi connectivity index (χ1v) is 7.01. The Hall–Kier alpha value is -0.780. The van der Waals surface area contributed by atoms with E-state index in [1.807, 2.05) is 0 Å². The van der Waals surface area contributed by atoms with Gasteiger partial charge >= 0.3 is 0 Å². The summed E-state index contributed by atoms with van der Waals surface area (Å²) in [4.78, 5) is 11.8. The second-order valence-electron chi connectivity index (χ2n) is 4.50. The second-order valence-corrected chi connectivity index (χ2v) is 5.75. The Morgan fingerprint density at radius 3 is 2.88 bits per heavy atom. The number of benzene rings is 1. The minimum absolute atomic E-state index is 0.0477. The molecule has 0 unspecified atom stereocenters. The Morgan fingerprint density at radius 2 is 2.24 bits per heavy atom. The number of nitrogens with one attached hydrogen (secondary N) is 1. The molecule has 0 heterocycles. The van der Waals surface area contributed by atoms with E-state index in [0.29, 0.717) is 12.1 Å². The predicted octanol–water partition coefficient (Wildman–Crippen LogP) is 2.92. The Bertz CT molecular complexity index is 416. The van der Waals surface area contributed by atoms with Crippen molar-refractivity contribution in [3.05, 3.63) is 27.3 Å². The van der Waals surface area contributed by atoms with Crippen molar-refractivity contribution in [2.24, 2.45) is 5.92 Å². The van der Waals surface area contributed by atoms with Crippen molar-refractivity contribution in [2.75, 3.05) is 6.54 Å². The fourth-order valence-electron chi connectivity index (χ4n) is 1.96. The van der Waals surface area contributed by atoms with Crippen molar-refractivity contribution < 1.29 is 9.90 Å². The van der Waals surface area contributed by atoms with E-state index in [9.17, 15) is 9.90 Å². The van der Waals surface area contributed by atoms with E-state index in [1.165, 1.54) is 19.3 Å². The third kappa shape index (κ3) is 3.34. The fraction of sp³-hybridized carbons (Fsp3) is 0.462. The number of phenols is 1. The van der Waals surface area contributed by atoms with Crippen LogP contribution in [0.5, 0.6) is 5.75 Å². The molecule has 1 aromatic carbocycles. The van der Waals surface area contributed by atoms with Gasteiger partial charge in [0.15, 0.2) is 0 Å². The summed E-state index contributed by atoms with van der Waals surface area (Å²) in [7, 11) is 0. The summed E-state index contributed by atoms with van der Waals surface area (Å²) >= 11 is 2.13. The molecule has 0 spiro atoms. The van der Waals surface area contributed by atoms with Crippen LogP contribution in [0.3, 0.4) is 0 Å². The lowest BCUT2D eigenvalue weighted by molar-refractivity contribution is 0.0946. The fourth-order valence-corrected chi connectivity index (χ4v) is 2.45. The molecule has 3 nitrogen and oxygen atoms in total. The molecule has 0 saturated heterocycles. The minimum atomic E-state index is -0.180. The molecule has 2 rings (SSSR count). The Labute approximate surface area is 115 Å². The Balaban J connectivity index is 1.87. The van der Waals surface area contributed by atoms with Gasteiger partial charge in [-0.1, -0.05) is 19.3 Å². The van der Waals surface area contributed by atoms with Gasteiger partial charge in [-0.25, -0.2) is 0 Å². The third-order valence-corrected chi connectivity index (χ3v) is 3.94. The molecule has 1 saturated carbocycles. The zero-order valence-electron chi connectivity index (χ0n) is 9.58. The number of amides is 1. The number of carbonyl (C=O) groups excluding carboxylic acids is 1. The van der Waals surface area contributed by atoms with Crippen LogP contribution in [0.1, 0.15) is 36.0 Å². The van der Waals surface area contributed by atoms with Crippen molar-refractivity contribution in [2.45, 2.75) is 25.7 Å². The van der Waals surface area contributed by atoms with Crippen LogP contribution in [0.2, 0.25) is 0 Å². The lowest BCUT2D eigenvalue weighted by Crippen LogP contribution is -2.27. The van der Waals surface area contributed by atoms with Crippen molar-refractivity contribution in [1.82, 2.24) is 5.32 Å². The predicted molar refractivity (Wildman–Crippen MR) is 75.1 cm³/mol. The molecule has 0 aromatic heterocycles. The second kappa shape index (κ2) is 5.71. The van der Waals surface area contributed by atoms with Crippen LogP contribution in [0.15, 0.2) is 18.2 Å². The number of phenolic OH excluding ortho intramolecular Hbond substituents is 1. The summed E-state index contributed by atoms with van der Waals surface area (Å²) in [6, 6.07) is 5.04. The van der Waals surface area contributed by atoms with Crippen LogP contribution in [0.25, 0.3) is 0 Å². The van der Waals surface area contributed by atoms with Gasteiger partial charge < -0.3 is 10.4 Å². The number of aromatic hydroxyl groups is 1. The average Bonchev–Trinajstić information content (AvgIpc) is 2.25. The highest BCUT2D eigenvalue weighted by Gasteiger charge is 2.17. The lowest BCUT2D eigenvalue weighted by atomic mass is 9.83. The number of hydrogen-bond acceptors (Lipinski definition) is 2. The van der Waals surface area contributed by atoms with Gasteiger partial charge in [0, 0.05) is 10.1 Å². The first-order valence-electron chi connectivity index (χ1n) is 5.93. The van der Waals surface area contributed by atoms with E-state index in [2.05, 4.69) is 27.9 Å². The van der Waals surface area contributed by atoms with Gasteiger partial charge in [0.2, 0.25) is 0 Å². The normalized spacial score (nSPS) is 15.4. The molecular weight excluding hydrogens is 329 g/mol. The summed E-state index contributed by atoms with van der Waals surface area (Å²) < 4.78 is 0.949. The highest BCUT2D eigenvalue weighted by atomic mass is 127. The van der Waals surface area contributed by atoms with Crippen LogP contribution in [-0.4, -0.2) is 17.6 Å². The van der Waals surface area contributed by atoms with Crippen LogP contribution in [0, 0.1) is 9.49 Å². The molecule has 1 aromatic rings. The Morgan fingerprint density at radius 1 is 1.47 bits per heavy atom. The quantitative estimate of drug-likeness (QED) is 0.825. The number of hydrogen-bond donors (Lipinski definition) is 2. The standard InChI is InChI=1S/C13H16INO2/c14-10-4-5-12(16)11(8-10)13(17)15-7-6-9-2-1-3-9/h4-5,8-9,16H,1-3,6-7H2,(H,15,17). The van der Waals surface area contributed by atoms with Crippen molar-refractivity contribution in [3.63, 3.8) is 0 Å². The number of rotatable bonds is 4. The summed E-state index contributed by atoms with van der Waals surface area (Å²) in [6.07, 6.45) is 4.97. The molecule has 1 aliphatic carbocycles. The molecule has 92 valence electrons. The average molecular weight is 345 g/mol. The zero-order valence-corrected chi connectivity index (χ0v) is 11.7. The SMILES string of the molecule is O=C(NCCC1CCC1)c1cc(I)ccc1O. The summed E-state index contributed by atoms with van der Waals surface area (Å²) in [5, 5.41) is 12.5. The molecule has 2 N–H and O–H groups in total. The van der Waals surface area contributed by atoms with Gasteiger partial charge in [-0.3, -0.25) is 4.79 Å². The molecule has 1 aliphatic rings. The highest BCUT2D eigenvalue weighted by molar-refractivity contribution is 14.1. The summed E-state index contributed by atoms with van der Waals surface area (Å²) in [6.45, 7) is 0.703. The maximum atomic E-state index is 11.8. The first kappa shape index (κ1) is 12.7. The van der Waals surface area contributed by atoms with Gasteiger partial charge in [0.05, 0.1) is 5.56 Å². The molecule has 1 fully saturated rings. The number of carbonyl (C=O) groups is 1. The van der Waals surface area contributed by atoms with Crippen LogP contribution < -0.4 is 5.32 Å².